The molecule has 50 heavy (non-hydrogen) atoms. The van der Waals surface area contributed by atoms with Crippen molar-refractivity contribution in [2.75, 3.05) is 10.6 Å². The van der Waals surface area contributed by atoms with Gasteiger partial charge in [0.05, 0.1) is 21.2 Å². The molecule has 4 N–H and O–H groups in total. The third kappa shape index (κ3) is 7.25. The van der Waals surface area contributed by atoms with Crippen LogP contribution >= 0.6 is 0 Å². The van der Waals surface area contributed by atoms with Crippen LogP contribution in [0, 0.1) is 0 Å². The summed E-state index contributed by atoms with van der Waals surface area (Å²) < 4.78 is 72.6. The summed E-state index contributed by atoms with van der Waals surface area (Å²) in [7, 11) is -10.3. The van der Waals surface area contributed by atoms with Gasteiger partial charge in [-0.15, -0.1) is 10.2 Å². The molecule has 0 saturated heterocycles. The van der Waals surface area contributed by atoms with E-state index in [1.165, 1.54) is 36.4 Å². The number of benzene rings is 6. The fourth-order valence-corrected chi connectivity index (χ4v) is 6.22. The standard InChI is InChI=1S/C33H24N6O9S2/c40-31-25-13-11-23(15-19(25)17-27(49(43,44)45)29(31)38-36-21-7-3-1-4-8-21)34-33(42)35-24-12-14-26-20(16-24)18-28(50(46,47)48)30(32(26)41)39-37-22-9-5-2-6-10-22/h1-18,40-41H,(H2,34,35,42)(H,43,44,45)(H,46,47,48)/p-2. The van der Waals surface area contributed by atoms with Gasteiger partial charge >= 0.3 is 6.03 Å². The van der Waals surface area contributed by atoms with Crippen molar-refractivity contribution in [1.82, 2.24) is 0 Å². The predicted octanol–water partition coefficient (Wildman–Crippen LogP) is 7.69. The summed E-state index contributed by atoms with van der Waals surface area (Å²) in [6.07, 6.45) is 0. The van der Waals surface area contributed by atoms with E-state index in [1.54, 1.807) is 60.7 Å². The van der Waals surface area contributed by atoms with Crippen LogP contribution in [0.1, 0.15) is 0 Å². The zero-order chi connectivity index (χ0) is 35.6. The van der Waals surface area contributed by atoms with Gasteiger partial charge in [-0.1, -0.05) is 36.4 Å². The molecular formula is C33H22N6O9S2-2. The summed E-state index contributed by atoms with van der Waals surface area (Å²) in [5.74, 6) is -1.23. The largest absolute Gasteiger partial charge is 0.744 e. The lowest BCUT2D eigenvalue weighted by Crippen LogP contribution is -2.19. The topological polar surface area (TPSA) is 245 Å². The highest BCUT2D eigenvalue weighted by Crippen LogP contribution is 2.43. The van der Waals surface area contributed by atoms with E-state index in [0.29, 0.717) is 11.4 Å². The number of phenolic OH excluding ortho intramolecular Hbond substituents is 2. The van der Waals surface area contributed by atoms with E-state index in [-0.39, 0.29) is 32.9 Å². The van der Waals surface area contributed by atoms with Crippen molar-refractivity contribution >= 4 is 81.9 Å². The number of fused-ring (bicyclic) bond motifs is 2. The molecule has 0 aromatic heterocycles. The third-order valence-corrected chi connectivity index (χ3v) is 8.90. The number of nitrogens with one attached hydrogen (secondary N) is 2. The Kier molecular flexibility index (Phi) is 8.96. The van der Waals surface area contributed by atoms with Crippen molar-refractivity contribution in [3.63, 3.8) is 0 Å². The summed E-state index contributed by atoms with van der Waals surface area (Å²) in [6.45, 7) is 0. The molecule has 0 saturated carbocycles. The second-order valence-corrected chi connectivity index (χ2v) is 13.3. The highest BCUT2D eigenvalue weighted by atomic mass is 32.2. The second-order valence-electron chi connectivity index (χ2n) is 10.6. The number of aromatic hydroxyl groups is 2. The Morgan fingerprint density at radius 2 is 0.920 bits per heavy atom. The summed E-state index contributed by atoms with van der Waals surface area (Å²) in [6, 6.07) is 25.9. The highest BCUT2D eigenvalue weighted by Gasteiger charge is 2.20. The number of hydrogen-bond acceptors (Lipinski definition) is 13. The van der Waals surface area contributed by atoms with Gasteiger partial charge in [0.1, 0.15) is 31.6 Å². The number of hydrogen-bond donors (Lipinski definition) is 4. The minimum atomic E-state index is -5.13. The monoisotopic (exact) mass is 710 g/mol. The number of azo groups is 2. The van der Waals surface area contributed by atoms with Gasteiger partial charge in [-0.05, 0) is 83.6 Å². The molecule has 0 heterocycles. The fourth-order valence-electron chi connectivity index (χ4n) is 4.93. The van der Waals surface area contributed by atoms with Crippen molar-refractivity contribution in [1.29, 1.82) is 0 Å². The van der Waals surface area contributed by atoms with Gasteiger partial charge in [0.15, 0.2) is 11.5 Å². The van der Waals surface area contributed by atoms with E-state index in [4.69, 9.17) is 0 Å². The van der Waals surface area contributed by atoms with Crippen LogP contribution < -0.4 is 10.6 Å². The Labute approximate surface area is 283 Å². The summed E-state index contributed by atoms with van der Waals surface area (Å²) in [5.41, 5.74) is -0.127. The number of phenols is 2. The van der Waals surface area contributed by atoms with E-state index in [9.17, 15) is 40.9 Å². The van der Waals surface area contributed by atoms with E-state index >= 15 is 0 Å². The maximum atomic E-state index is 12.9. The molecule has 17 heteroatoms. The first-order chi connectivity index (χ1) is 23.8. The smallest absolute Gasteiger partial charge is 0.323 e. The maximum absolute atomic E-state index is 12.9. The minimum Gasteiger partial charge on any atom is -0.744 e. The number of carbonyl (C=O) groups excluding carboxylic acids is 1. The normalized spacial score (nSPS) is 12.2. The Morgan fingerprint density at radius 3 is 1.28 bits per heavy atom. The quantitative estimate of drug-likeness (QED) is 0.0891. The second kappa shape index (κ2) is 13.3. The molecule has 0 fully saturated rings. The van der Waals surface area contributed by atoms with Crippen LogP contribution in [0.2, 0.25) is 0 Å². The summed E-state index contributed by atoms with van der Waals surface area (Å²) in [4.78, 5) is 11.3. The number of carbonyl (C=O) groups is 1. The Hall–Kier alpha value is -6.27. The third-order valence-electron chi connectivity index (χ3n) is 7.20. The molecule has 0 aliphatic carbocycles. The number of rotatable bonds is 8. The van der Waals surface area contributed by atoms with Gasteiger partial charge in [-0.3, -0.25) is 0 Å². The Morgan fingerprint density at radius 1 is 0.540 bits per heavy atom. The zero-order valence-corrected chi connectivity index (χ0v) is 26.9. The van der Waals surface area contributed by atoms with Crippen molar-refractivity contribution in [3.8, 4) is 11.5 Å². The molecule has 15 nitrogen and oxygen atoms in total. The Bertz CT molecular complexity index is 2400. The van der Waals surface area contributed by atoms with Crippen LogP contribution in [0.15, 0.2) is 139 Å². The summed E-state index contributed by atoms with van der Waals surface area (Å²) in [5, 5.41) is 42.7. The average Bonchev–Trinajstić information content (AvgIpc) is 3.07. The van der Waals surface area contributed by atoms with Crippen molar-refractivity contribution in [2.45, 2.75) is 9.79 Å². The van der Waals surface area contributed by atoms with Crippen molar-refractivity contribution in [3.05, 3.63) is 109 Å². The molecule has 0 atom stereocenters. The van der Waals surface area contributed by atoms with Crippen LogP contribution in [0.3, 0.4) is 0 Å². The lowest BCUT2D eigenvalue weighted by Gasteiger charge is -2.15. The van der Waals surface area contributed by atoms with E-state index in [2.05, 4.69) is 31.1 Å². The number of nitrogens with zero attached hydrogens (tertiary/aromatic N) is 4. The predicted molar refractivity (Wildman–Crippen MR) is 181 cm³/mol. The first-order valence-corrected chi connectivity index (χ1v) is 17.1. The van der Waals surface area contributed by atoms with Gasteiger partial charge in [0.2, 0.25) is 0 Å². The minimum absolute atomic E-state index is 0.0844. The lowest BCUT2D eigenvalue weighted by molar-refractivity contribution is 0.262. The van der Waals surface area contributed by atoms with Gasteiger partial charge in [0, 0.05) is 22.1 Å². The first kappa shape index (κ1) is 33.6. The first-order valence-electron chi connectivity index (χ1n) is 14.3. The highest BCUT2D eigenvalue weighted by molar-refractivity contribution is 7.86. The number of amides is 2. The molecule has 2 amide bonds. The number of urea groups is 1. The average molecular weight is 711 g/mol. The molecule has 0 unspecified atom stereocenters. The van der Waals surface area contributed by atoms with Crippen LogP contribution in [0.5, 0.6) is 11.5 Å². The zero-order valence-electron chi connectivity index (χ0n) is 25.2. The molecule has 0 aliphatic heterocycles. The van der Waals surface area contributed by atoms with Crippen LogP contribution in [-0.4, -0.2) is 42.2 Å². The molecule has 0 aliphatic rings. The van der Waals surface area contributed by atoms with Gasteiger partial charge in [-0.25, -0.2) is 21.6 Å². The molecule has 0 bridgehead atoms. The van der Waals surface area contributed by atoms with Crippen molar-refractivity contribution < 1.29 is 40.9 Å². The van der Waals surface area contributed by atoms with Crippen LogP contribution in [-0.2, 0) is 20.2 Å². The molecule has 252 valence electrons. The van der Waals surface area contributed by atoms with Crippen LogP contribution in [0.4, 0.5) is 38.9 Å². The van der Waals surface area contributed by atoms with E-state index < -0.39 is 58.9 Å². The lowest BCUT2D eigenvalue weighted by atomic mass is 10.1. The SMILES string of the molecule is O=C(Nc1ccc2c(O)c(N=Nc3ccccc3)c(S(=O)(=O)[O-])cc2c1)Nc1ccc2c(O)c(N=Nc3ccccc3)c(S(=O)(=O)[O-])cc2c1. The Balaban J connectivity index is 1.28. The molecule has 0 spiro atoms. The van der Waals surface area contributed by atoms with Crippen LogP contribution in [0.25, 0.3) is 21.5 Å². The van der Waals surface area contributed by atoms with E-state index in [1.807, 2.05) is 0 Å². The molecule has 0 radical (unpaired) electrons. The van der Waals surface area contributed by atoms with Gasteiger partial charge in [-0.2, -0.15) is 10.2 Å². The van der Waals surface area contributed by atoms with Crippen molar-refractivity contribution in [2.24, 2.45) is 20.5 Å². The van der Waals surface area contributed by atoms with Gasteiger partial charge < -0.3 is 30.0 Å². The maximum Gasteiger partial charge on any atom is 0.323 e. The molecular weight excluding hydrogens is 689 g/mol. The summed E-state index contributed by atoms with van der Waals surface area (Å²) >= 11 is 0. The fraction of sp³-hybridized carbons (Fsp3) is 0. The molecule has 6 aromatic rings. The molecule has 6 rings (SSSR count). The molecule has 6 aromatic carbocycles. The number of anilines is 2. The van der Waals surface area contributed by atoms with E-state index in [0.717, 1.165) is 12.1 Å². The van der Waals surface area contributed by atoms with Gasteiger partial charge in [0.25, 0.3) is 0 Å².